The zero-order valence-corrected chi connectivity index (χ0v) is 9.81. The number of nitrogens with two attached hydrogens (primary N) is 1. The Morgan fingerprint density at radius 3 is 2.16 bits per heavy atom. The number of amides is 1. The second-order valence-electron chi connectivity index (χ2n) is 4.07. The van der Waals surface area contributed by atoms with Crippen molar-refractivity contribution in [1.29, 1.82) is 0 Å². The van der Waals surface area contributed by atoms with Crippen molar-refractivity contribution in [2.75, 3.05) is 0 Å². The first-order valence-electron chi connectivity index (χ1n) is 5.49. The lowest BCUT2D eigenvalue weighted by Gasteiger charge is -2.25. The van der Waals surface area contributed by atoms with Crippen molar-refractivity contribution >= 4 is 5.91 Å². The fraction of sp³-hybridized carbons (Fsp3) is 0.0714. The molecule has 0 aliphatic carbocycles. The Kier molecular flexibility index (Phi) is 3.31. The molecule has 0 radical (unpaired) electrons. The molecule has 2 aromatic carbocycles. The molecule has 98 valence electrons. The monoisotopic (exact) mass is 263 g/mol. The molecule has 0 heterocycles. The molecule has 0 aliphatic heterocycles. The maximum absolute atomic E-state index is 13.3. The van der Waals surface area contributed by atoms with Gasteiger partial charge in [0.2, 0.25) is 0 Å². The summed E-state index contributed by atoms with van der Waals surface area (Å²) >= 11 is 0. The Bertz CT molecular complexity index is 616. The standard InChI is InChI=1S/C14H11F2NO2/c15-11-7-6-10(8-12(11)16)14(19,13(17)18)9-4-2-1-3-5-9/h1-8,19H,(H2,17,18). The first-order chi connectivity index (χ1) is 8.96. The average Bonchev–Trinajstić information content (AvgIpc) is 2.41. The second kappa shape index (κ2) is 4.78. The quantitative estimate of drug-likeness (QED) is 0.885. The van der Waals surface area contributed by atoms with E-state index in [1.807, 2.05) is 0 Å². The fourth-order valence-corrected chi connectivity index (χ4v) is 1.85. The van der Waals surface area contributed by atoms with E-state index in [9.17, 15) is 18.7 Å². The highest BCUT2D eigenvalue weighted by molar-refractivity contribution is 5.88. The molecule has 0 aliphatic rings. The highest BCUT2D eigenvalue weighted by Gasteiger charge is 2.38. The van der Waals surface area contributed by atoms with Crippen molar-refractivity contribution in [3.8, 4) is 0 Å². The maximum atomic E-state index is 13.3. The van der Waals surface area contributed by atoms with Gasteiger partial charge in [0.15, 0.2) is 17.2 Å². The molecule has 2 aromatic rings. The topological polar surface area (TPSA) is 63.3 Å². The minimum absolute atomic E-state index is 0.120. The SMILES string of the molecule is NC(=O)C(O)(c1ccccc1)c1ccc(F)c(F)c1. The summed E-state index contributed by atoms with van der Waals surface area (Å²) in [6.07, 6.45) is 0. The minimum atomic E-state index is -2.20. The predicted octanol–water partition coefficient (Wildman–Crippen LogP) is 1.69. The smallest absolute Gasteiger partial charge is 0.258 e. The van der Waals surface area contributed by atoms with Crippen LogP contribution in [0.3, 0.4) is 0 Å². The maximum Gasteiger partial charge on any atom is 0.258 e. The molecule has 0 fully saturated rings. The Hall–Kier alpha value is -2.27. The van der Waals surface area contributed by atoms with E-state index in [0.29, 0.717) is 0 Å². The summed E-state index contributed by atoms with van der Waals surface area (Å²) in [6, 6.07) is 10.6. The van der Waals surface area contributed by atoms with Gasteiger partial charge in [-0.05, 0) is 17.7 Å². The van der Waals surface area contributed by atoms with Crippen molar-refractivity contribution in [3.63, 3.8) is 0 Å². The van der Waals surface area contributed by atoms with Crippen LogP contribution in [0.25, 0.3) is 0 Å². The zero-order valence-electron chi connectivity index (χ0n) is 9.81. The number of carbonyl (C=O) groups is 1. The van der Waals surface area contributed by atoms with Gasteiger partial charge >= 0.3 is 0 Å². The summed E-state index contributed by atoms with van der Waals surface area (Å²) in [5, 5.41) is 10.5. The Labute approximate surface area is 108 Å². The molecule has 1 unspecified atom stereocenters. The van der Waals surface area contributed by atoms with Gasteiger partial charge in [0.1, 0.15) is 0 Å². The van der Waals surface area contributed by atoms with Crippen LogP contribution in [-0.2, 0) is 10.4 Å². The number of hydrogen-bond acceptors (Lipinski definition) is 2. The molecular weight excluding hydrogens is 252 g/mol. The molecule has 0 saturated carbocycles. The average molecular weight is 263 g/mol. The third-order valence-corrected chi connectivity index (χ3v) is 2.89. The lowest BCUT2D eigenvalue weighted by Crippen LogP contribution is -2.42. The van der Waals surface area contributed by atoms with E-state index in [2.05, 4.69) is 0 Å². The number of benzene rings is 2. The van der Waals surface area contributed by atoms with Crippen LogP contribution < -0.4 is 5.73 Å². The number of halogens is 2. The number of rotatable bonds is 3. The van der Waals surface area contributed by atoms with E-state index in [-0.39, 0.29) is 11.1 Å². The van der Waals surface area contributed by atoms with Crippen LogP contribution in [0.4, 0.5) is 8.78 Å². The van der Waals surface area contributed by atoms with Crippen LogP contribution >= 0.6 is 0 Å². The van der Waals surface area contributed by atoms with E-state index in [1.54, 1.807) is 18.2 Å². The lowest BCUT2D eigenvalue weighted by atomic mass is 9.85. The Morgan fingerprint density at radius 1 is 1.00 bits per heavy atom. The number of aliphatic hydroxyl groups is 1. The highest BCUT2D eigenvalue weighted by atomic mass is 19.2. The molecule has 2 rings (SSSR count). The normalized spacial score (nSPS) is 13.8. The minimum Gasteiger partial charge on any atom is -0.372 e. The first-order valence-corrected chi connectivity index (χ1v) is 5.49. The van der Waals surface area contributed by atoms with Crippen LogP contribution in [-0.4, -0.2) is 11.0 Å². The molecule has 1 atom stereocenters. The molecule has 3 N–H and O–H groups in total. The van der Waals surface area contributed by atoms with Crippen molar-refractivity contribution in [2.24, 2.45) is 5.73 Å². The second-order valence-corrected chi connectivity index (χ2v) is 4.07. The third-order valence-electron chi connectivity index (χ3n) is 2.89. The van der Waals surface area contributed by atoms with Crippen LogP contribution in [0.1, 0.15) is 11.1 Å². The van der Waals surface area contributed by atoms with Crippen molar-refractivity contribution in [3.05, 3.63) is 71.3 Å². The van der Waals surface area contributed by atoms with E-state index in [0.717, 1.165) is 18.2 Å². The van der Waals surface area contributed by atoms with Gasteiger partial charge in [0.05, 0.1) is 0 Å². The zero-order chi connectivity index (χ0) is 14.0. The number of carbonyl (C=O) groups excluding carboxylic acids is 1. The van der Waals surface area contributed by atoms with Crippen molar-refractivity contribution in [1.82, 2.24) is 0 Å². The summed E-state index contributed by atoms with van der Waals surface area (Å²) in [6.45, 7) is 0. The van der Waals surface area contributed by atoms with Crippen molar-refractivity contribution < 1.29 is 18.7 Å². The lowest BCUT2D eigenvalue weighted by molar-refractivity contribution is -0.133. The molecule has 1 amide bonds. The molecular formula is C14H11F2NO2. The molecule has 0 saturated heterocycles. The molecule has 0 bridgehead atoms. The van der Waals surface area contributed by atoms with Gasteiger partial charge in [-0.25, -0.2) is 8.78 Å². The van der Waals surface area contributed by atoms with E-state index >= 15 is 0 Å². The van der Waals surface area contributed by atoms with Gasteiger partial charge < -0.3 is 10.8 Å². The Balaban J connectivity index is 2.63. The predicted molar refractivity (Wildman–Crippen MR) is 65.0 cm³/mol. The van der Waals surface area contributed by atoms with Crippen molar-refractivity contribution in [2.45, 2.75) is 5.60 Å². The van der Waals surface area contributed by atoms with Gasteiger partial charge in [-0.3, -0.25) is 4.79 Å². The summed E-state index contributed by atoms with van der Waals surface area (Å²) in [5.41, 5.74) is 3.09. The molecule has 5 heteroatoms. The molecule has 19 heavy (non-hydrogen) atoms. The van der Waals surface area contributed by atoms with Crippen LogP contribution in [0.2, 0.25) is 0 Å². The van der Waals surface area contributed by atoms with E-state index < -0.39 is 23.1 Å². The van der Waals surface area contributed by atoms with Crippen LogP contribution in [0, 0.1) is 11.6 Å². The van der Waals surface area contributed by atoms with Gasteiger partial charge in [0, 0.05) is 5.56 Å². The van der Waals surface area contributed by atoms with Gasteiger partial charge in [-0.1, -0.05) is 36.4 Å². The highest BCUT2D eigenvalue weighted by Crippen LogP contribution is 2.30. The Morgan fingerprint density at radius 2 is 1.63 bits per heavy atom. The van der Waals surface area contributed by atoms with Gasteiger partial charge in [-0.2, -0.15) is 0 Å². The summed E-state index contributed by atoms with van der Waals surface area (Å²) in [5.74, 6) is -3.29. The largest absolute Gasteiger partial charge is 0.372 e. The van der Waals surface area contributed by atoms with Crippen LogP contribution in [0.5, 0.6) is 0 Å². The van der Waals surface area contributed by atoms with E-state index in [1.165, 1.54) is 12.1 Å². The summed E-state index contributed by atoms with van der Waals surface area (Å²) in [4.78, 5) is 11.6. The van der Waals surface area contributed by atoms with Gasteiger partial charge in [-0.15, -0.1) is 0 Å². The number of hydrogen-bond donors (Lipinski definition) is 2. The van der Waals surface area contributed by atoms with E-state index in [4.69, 9.17) is 5.73 Å². The fourth-order valence-electron chi connectivity index (χ4n) is 1.85. The summed E-state index contributed by atoms with van der Waals surface area (Å²) in [7, 11) is 0. The molecule has 0 aromatic heterocycles. The van der Waals surface area contributed by atoms with Crippen LogP contribution in [0.15, 0.2) is 48.5 Å². The van der Waals surface area contributed by atoms with Gasteiger partial charge in [0.25, 0.3) is 5.91 Å². The third kappa shape index (κ3) is 2.20. The first kappa shape index (κ1) is 13.2. The number of primary amides is 1. The molecule has 0 spiro atoms. The summed E-state index contributed by atoms with van der Waals surface area (Å²) < 4.78 is 26.2. The molecule has 3 nitrogen and oxygen atoms in total.